The summed E-state index contributed by atoms with van der Waals surface area (Å²) >= 11 is 0. The van der Waals surface area contributed by atoms with E-state index in [1.54, 1.807) is 13.0 Å². The number of carboxylic acid groups (broad SMARTS) is 1. The molecule has 2 aromatic heterocycles. The van der Waals surface area contributed by atoms with Crippen molar-refractivity contribution in [1.82, 2.24) is 4.98 Å². The molecule has 1 unspecified atom stereocenters. The van der Waals surface area contributed by atoms with Crippen molar-refractivity contribution in [3.05, 3.63) is 47.0 Å². The zero-order chi connectivity index (χ0) is 25.5. The van der Waals surface area contributed by atoms with Crippen molar-refractivity contribution in [2.75, 3.05) is 17.1 Å². The van der Waals surface area contributed by atoms with Crippen molar-refractivity contribution in [2.45, 2.75) is 45.4 Å². The van der Waals surface area contributed by atoms with Crippen LogP contribution in [-0.2, 0) is 14.8 Å². The lowest BCUT2D eigenvalue weighted by atomic mass is 10.0. The van der Waals surface area contributed by atoms with E-state index in [2.05, 4.69) is 4.98 Å². The van der Waals surface area contributed by atoms with Gasteiger partial charge in [0.1, 0.15) is 11.6 Å². The Morgan fingerprint density at radius 2 is 1.91 bits per heavy atom. The normalized spacial score (nSPS) is 14.7. The Bertz CT molecular complexity index is 1390. The summed E-state index contributed by atoms with van der Waals surface area (Å²) in [6, 6.07) is 9.22. The number of aliphatic carboxylic acids is 1. The van der Waals surface area contributed by atoms with Crippen molar-refractivity contribution in [3.8, 4) is 11.3 Å². The fourth-order valence-corrected chi connectivity index (χ4v) is 5.09. The number of anilines is 1. The van der Waals surface area contributed by atoms with E-state index in [0.717, 1.165) is 24.7 Å². The number of carbonyl (C=O) groups excluding carboxylic acids is 1. The highest BCUT2D eigenvalue weighted by Gasteiger charge is 2.34. The molecule has 4 rings (SSSR count). The average Bonchev–Trinajstić information content (AvgIpc) is 3.55. The zero-order valence-electron chi connectivity index (χ0n) is 19.9. The maximum absolute atomic E-state index is 12.8. The lowest BCUT2D eigenvalue weighted by Gasteiger charge is -2.24. The molecule has 1 aliphatic rings. The lowest BCUT2D eigenvalue weighted by molar-refractivity contribution is -0.141. The number of benzene rings is 1. The number of carboxylic acids is 1. The van der Waals surface area contributed by atoms with Crippen molar-refractivity contribution < 1.29 is 27.5 Å². The molecule has 1 aliphatic carbocycles. The SMILES string of the molecule is Cc1ccc(-c2oc3nc(N(CCCC(C)C(=O)O)S(C)(=O)=O)c(C4CC4)cc3c2C(N)=O)cc1. The van der Waals surface area contributed by atoms with E-state index < -0.39 is 27.8 Å². The molecule has 1 saturated carbocycles. The molecule has 9 nitrogen and oxygen atoms in total. The minimum atomic E-state index is -3.72. The summed E-state index contributed by atoms with van der Waals surface area (Å²) in [5, 5.41) is 9.61. The van der Waals surface area contributed by atoms with Gasteiger partial charge in [-0.15, -0.1) is 0 Å². The van der Waals surface area contributed by atoms with Gasteiger partial charge in [0.2, 0.25) is 15.7 Å². The van der Waals surface area contributed by atoms with Crippen LogP contribution >= 0.6 is 0 Å². The molecule has 3 aromatic rings. The number of pyridine rings is 1. The van der Waals surface area contributed by atoms with Crippen LogP contribution in [0.5, 0.6) is 0 Å². The van der Waals surface area contributed by atoms with Gasteiger partial charge < -0.3 is 15.3 Å². The highest BCUT2D eigenvalue weighted by molar-refractivity contribution is 7.92. The van der Waals surface area contributed by atoms with E-state index >= 15 is 0 Å². The number of nitrogens with two attached hydrogens (primary N) is 1. The molecule has 1 atom stereocenters. The summed E-state index contributed by atoms with van der Waals surface area (Å²) in [4.78, 5) is 28.2. The monoisotopic (exact) mass is 499 g/mol. The van der Waals surface area contributed by atoms with E-state index in [-0.39, 0.29) is 29.6 Å². The number of primary amides is 1. The quantitative estimate of drug-likeness (QED) is 0.428. The first-order valence-corrected chi connectivity index (χ1v) is 13.4. The number of rotatable bonds is 10. The van der Waals surface area contributed by atoms with Gasteiger partial charge in [0, 0.05) is 12.1 Å². The van der Waals surface area contributed by atoms with Gasteiger partial charge in [0.05, 0.1) is 23.1 Å². The molecule has 1 fully saturated rings. The summed E-state index contributed by atoms with van der Waals surface area (Å²) in [6.45, 7) is 3.63. The number of sulfonamides is 1. The molecule has 2 heterocycles. The maximum atomic E-state index is 12.8. The summed E-state index contributed by atoms with van der Waals surface area (Å²) in [5.41, 5.74) is 8.51. The second-order valence-corrected chi connectivity index (χ2v) is 11.2. The molecular formula is C25H29N3O6S. The van der Waals surface area contributed by atoms with Crippen LogP contribution in [0.25, 0.3) is 22.4 Å². The van der Waals surface area contributed by atoms with Gasteiger partial charge in [-0.25, -0.2) is 8.42 Å². The van der Waals surface area contributed by atoms with Crippen molar-refractivity contribution in [2.24, 2.45) is 11.7 Å². The predicted octanol–water partition coefficient (Wildman–Crippen LogP) is 4.05. The third kappa shape index (κ3) is 5.17. The number of aromatic nitrogens is 1. The summed E-state index contributed by atoms with van der Waals surface area (Å²) in [7, 11) is -3.72. The standard InChI is InChI=1S/C25H29N3O6S/c1-14-6-8-17(9-7-14)21-20(22(26)29)19-13-18(16-10-11-16)23(27-24(19)34-21)28(35(3,32)33)12-4-5-15(2)25(30)31/h6-9,13,15-16H,4-5,10-12H2,1-3H3,(H2,26,29)(H,30,31). The van der Waals surface area contributed by atoms with Crippen LogP contribution in [-0.4, -0.2) is 43.2 Å². The summed E-state index contributed by atoms with van der Waals surface area (Å²) in [6.07, 6.45) is 3.53. The number of furan rings is 1. The molecule has 186 valence electrons. The Kier molecular flexibility index (Phi) is 6.59. The number of aryl methyl sites for hydroxylation is 1. The van der Waals surface area contributed by atoms with Gasteiger partial charge in [-0.1, -0.05) is 36.8 Å². The smallest absolute Gasteiger partial charge is 0.306 e. The molecule has 0 spiro atoms. The highest BCUT2D eigenvalue weighted by Crippen LogP contribution is 2.46. The highest BCUT2D eigenvalue weighted by atomic mass is 32.2. The Labute approximate surface area is 204 Å². The Morgan fingerprint density at radius 1 is 1.26 bits per heavy atom. The molecule has 0 radical (unpaired) electrons. The predicted molar refractivity (Wildman–Crippen MR) is 133 cm³/mol. The number of nitrogens with zero attached hydrogens (tertiary/aromatic N) is 2. The van der Waals surface area contributed by atoms with E-state index in [4.69, 9.17) is 15.3 Å². The van der Waals surface area contributed by atoms with E-state index in [1.807, 2.05) is 31.2 Å². The third-order valence-corrected chi connectivity index (χ3v) is 7.48. The van der Waals surface area contributed by atoms with Crippen molar-refractivity contribution in [3.63, 3.8) is 0 Å². The van der Waals surface area contributed by atoms with Crippen LogP contribution in [0, 0.1) is 12.8 Å². The Morgan fingerprint density at radius 3 is 2.46 bits per heavy atom. The summed E-state index contributed by atoms with van der Waals surface area (Å²) < 4.78 is 32.8. The first-order valence-electron chi connectivity index (χ1n) is 11.5. The van der Waals surface area contributed by atoms with Gasteiger partial charge >= 0.3 is 5.97 Å². The summed E-state index contributed by atoms with van der Waals surface area (Å²) in [5.74, 6) is -1.51. The fourth-order valence-electron chi connectivity index (χ4n) is 4.17. The molecule has 10 heteroatoms. The van der Waals surface area contributed by atoms with E-state index in [1.165, 1.54) is 4.31 Å². The van der Waals surface area contributed by atoms with Gasteiger partial charge in [-0.3, -0.25) is 13.9 Å². The third-order valence-electron chi connectivity index (χ3n) is 6.32. The second-order valence-electron chi connectivity index (χ2n) is 9.28. The second kappa shape index (κ2) is 9.33. The lowest BCUT2D eigenvalue weighted by Crippen LogP contribution is -2.33. The first kappa shape index (κ1) is 24.7. The number of amides is 1. The van der Waals surface area contributed by atoms with Crippen LogP contribution in [0.4, 0.5) is 5.82 Å². The van der Waals surface area contributed by atoms with E-state index in [9.17, 15) is 18.0 Å². The number of fused-ring (bicyclic) bond motifs is 1. The van der Waals surface area contributed by atoms with Gasteiger partial charge in [-0.2, -0.15) is 4.98 Å². The molecular weight excluding hydrogens is 470 g/mol. The minimum Gasteiger partial charge on any atom is -0.481 e. The van der Waals surface area contributed by atoms with E-state index in [0.29, 0.717) is 35.1 Å². The van der Waals surface area contributed by atoms with Crippen LogP contribution in [0.1, 0.15) is 60.0 Å². The van der Waals surface area contributed by atoms with Crippen LogP contribution in [0.3, 0.4) is 0 Å². The molecule has 1 aromatic carbocycles. The van der Waals surface area contributed by atoms with Crippen LogP contribution < -0.4 is 10.0 Å². The van der Waals surface area contributed by atoms with Crippen molar-refractivity contribution >= 4 is 38.8 Å². The molecule has 3 N–H and O–H groups in total. The van der Waals surface area contributed by atoms with Gasteiger partial charge in [0.25, 0.3) is 5.91 Å². The molecule has 0 aliphatic heterocycles. The zero-order valence-corrected chi connectivity index (χ0v) is 20.8. The average molecular weight is 500 g/mol. The van der Waals surface area contributed by atoms with Crippen molar-refractivity contribution in [1.29, 1.82) is 0 Å². The van der Waals surface area contributed by atoms with Crippen LogP contribution in [0.15, 0.2) is 34.7 Å². The minimum absolute atomic E-state index is 0.0862. The number of carbonyl (C=O) groups is 2. The molecule has 1 amide bonds. The molecule has 0 bridgehead atoms. The fraction of sp³-hybridized carbons (Fsp3) is 0.400. The van der Waals surface area contributed by atoms with Crippen LogP contribution in [0.2, 0.25) is 0 Å². The topological polar surface area (TPSA) is 144 Å². The number of hydrogen-bond acceptors (Lipinski definition) is 6. The van der Waals surface area contributed by atoms with Gasteiger partial charge in [0.15, 0.2) is 0 Å². The largest absolute Gasteiger partial charge is 0.481 e. The molecule has 0 saturated heterocycles. The first-order chi connectivity index (χ1) is 16.5. The Balaban J connectivity index is 1.84. The maximum Gasteiger partial charge on any atom is 0.306 e. The number of hydrogen-bond donors (Lipinski definition) is 2. The Hall–Kier alpha value is -3.40. The molecule has 35 heavy (non-hydrogen) atoms. The van der Waals surface area contributed by atoms with Gasteiger partial charge in [-0.05, 0) is 50.2 Å².